The topological polar surface area (TPSA) is 61.8 Å². The van der Waals surface area contributed by atoms with Gasteiger partial charge in [-0.3, -0.25) is 0 Å². The molecule has 0 aliphatic rings. The monoisotopic (exact) mass is 269 g/mol. The maximum atomic E-state index is 11.3. The van der Waals surface area contributed by atoms with E-state index in [1.54, 1.807) is 0 Å². The second-order valence-electron chi connectivity index (χ2n) is 3.23. The predicted octanol–water partition coefficient (Wildman–Crippen LogP) is 2.72. The van der Waals surface area contributed by atoms with Crippen molar-refractivity contribution in [3.05, 3.63) is 4.91 Å². The molecular weight excluding hydrogens is 253 g/mol. The Hall–Kier alpha value is -0.550. The summed E-state index contributed by atoms with van der Waals surface area (Å²) in [5, 5.41) is 5.96. The molecule has 0 unspecified atom stereocenters. The summed E-state index contributed by atoms with van der Waals surface area (Å²) in [6.45, 7) is 0.665. The predicted molar refractivity (Wildman–Crippen MR) is 65.8 cm³/mol. The molecule has 7 heteroatoms. The zero-order valence-corrected chi connectivity index (χ0v) is 10.6. The molecule has 0 atom stereocenters. The van der Waals surface area contributed by atoms with E-state index < -0.39 is 6.03 Å². The van der Waals surface area contributed by atoms with Crippen molar-refractivity contribution in [1.29, 1.82) is 0 Å². The van der Waals surface area contributed by atoms with E-state index in [1.165, 1.54) is 0 Å². The maximum absolute atomic E-state index is 11.3. The van der Waals surface area contributed by atoms with E-state index >= 15 is 0 Å². The van der Waals surface area contributed by atoms with E-state index in [1.807, 2.05) is 0 Å². The van der Waals surface area contributed by atoms with Crippen LogP contribution in [0.3, 0.4) is 0 Å². The Morgan fingerprint density at radius 1 is 1.12 bits per heavy atom. The summed E-state index contributed by atoms with van der Waals surface area (Å²) in [5.74, 6) is 0.861. The highest BCUT2D eigenvalue weighted by molar-refractivity contribution is 6.18. The number of carbonyl (C=O) groups is 1. The maximum Gasteiger partial charge on any atom is 0.340 e. The van der Waals surface area contributed by atoms with Crippen molar-refractivity contribution in [2.24, 2.45) is 5.29 Å². The third kappa shape index (κ3) is 7.70. The molecule has 0 radical (unpaired) electrons. The molecule has 5 nitrogen and oxygen atoms in total. The molecule has 0 bridgehead atoms. The number of rotatable bonds is 9. The van der Waals surface area contributed by atoms with Gasteiger partial charge in [0.2, 0.25) is 0 Å². The lowest BCUT2D eigenvalue weighted by molar-refractivity contribution is 0.202. The van der Waals surface area contributed by atoms with Gasteiger partial charge in [0.15, 0.2) is 0 Å². The van der Waals surface area contributed by atoms with Crippen LogP contribution in [0.4, 0.5) is 4.79 Å². The summed E-state index contributed by atoms with van der Waals surface area (Å²) >= 11 is 10.9. The first-order valence-corrected chi connectivity index (χ1v) is 6.33. The standard InChI is InChI=1S/C9H17Cl2N3O2/c10-5-3-1-2-4-7-12-9(15)14(13-16)8-6-11/h1-8H2,(H,12,15). The van der Waals surface area contributed by atoms with Crippen LogP contribution >= 0.6 is 23.2 Å². The van der Waals surface area contributed by atoms with Crippen molar-refractivity contribution in [1.82, 2.24) is 10.3 Å². The first kappa shape index (κ1) is 15.4. The van der Waals surface area contributed by atoms with Gasteiger partial charge < -0.3 is 5.32 Å². The number of nitroso groups, excluding NO2 is 1. The van der Waals surface area contributed by atoms with Gasteiger partial charge >= 0.3 is 6.03 Å². The largest absolute Gasteiger partial charge is 0.340 e. The van der Waals surface area contributed by atoms with E-state index in [9.17, 15) is 9.70 Å². The number of alkyl halides is 2. The van der Waals surface area contributed by atoms with Crippen LogP contribution in [0.2, 0.25) is 0 Å². The zero-order chi connectivity index (χ0) is 12.2. The summed E-state index contributed by atoms with van der Waals surface area (Å²) in [4.78, 5) is 21.5. The zero-order valence-electron chi connectivity index (χ0n) is 9.12. The van der Waals surface area contributed by atoms with E-state index in [-0.39, 0.29) is 12.4 Å². The molecule has 0 saturated carbocycles. The number of nitrogens with one attached hydrogen (secondary N) is 1. The van der Waals surface area contributed by atoms with Gasteiger partial charge in [-0.25, -0.2) is 4.79 Å². The van der Waals surface area contributed by atoms with Gasteiger partial charge in [-0.15, -0.1) is 28.1 Å². The van der Waals surface area contributed by atoms with Gasteiger partial charge in [0, 0.05) is 18.3 Å². The van der Waals surface area contributed by atoms with Crippen LogP contribution in [0.1, 0.15) is 25.7 Å². The van der Waals surface area contributed by atoms with Gasteiger partial charge in [0.05, 0.1) is 11.8 Å². The van der Waals surface area contributed by atoms with Crippen molar-refractivity contribution >= 4 is 29.2 Å². The highest BCUT2D eigenvalue weighted by atomic mass is 35.5. The number of nitrogens with zero attached hydrogens (tertiary/aromatic N) is 2. The molecule has 0 fully saturated rings. The molecule has 0 aromatic carbocycles. The smallest absolute Gasteiger partial charge is 0.336 e. The van der Waals surface area contributed by atoms with Crippen LogP contribution < -0.4 is 5.32 Å². The lowest BCUT2D eigenvalue weighted by Crippen LogP contribution is -2.37. The average molecular weight is 270 g/mol. The van der Waals surface area contributed by atoms with Crippen molar-refractivity contribution < 1.29 is 4.79 Å². The molecule has 0 rings (SSSR count). The fourth-order valence-electron chi connectivity index (χ4n) is 1.12. The number of carbonyl (C=O) groups excluding carboxylic acids is 1. The third-order valence-corrected chi connectivity index (χ3v) is 2.40. The number of amides is 2. The molecule has 0 aliphatic carbocycles. The number of unbranched alkanes of at least 4 members (excludes halogenated alkanes) is 3. The average Bonchev–Trinajstić information content (AvgIpc) is 2.30. The number of halogens is 2. The Bertz CT molecular complexity index is 205. The normalized spacial score (nSPS) is 9.88. The van der Waals surface area contributed by atoms with Crippen molar-refractivity contribution in [2.45, 2.75) is 25.7 Å². The van der Waals surface area contributed by atoms with Crippen molar-refractivity contribution in [3.8, 4) is 0 Å². The van der Waals surface area contributed by atoms with Gasteiger partial charge in [-0.2, -0.15) is 5.01 Å². The second-order valence-corrected chi connectivity index (χ2v) is 3.98. The number of urea groups is 1. The molecule has 1 N–H and O–H groups in total. The molecule has 2 amide bonds. The Balaban J connectivity index is 3.51. The van der Waals surface area contributed by atoms with Gasteiger partial charge in [-0.05, 0) is 12.8 Å². The molecule has 0 aromatic heterocycles. The number of hydrogen-bond donors (Lipinski definition) is 1. The second kappa shape index (κ2) is 11.0. The molecule has 0 aromatic rings. The highest BCUT2D eigenvalue weighted by Crippen LogP contribution is 2.00. The highest BCUT2D eigenvalue weighted by Gasteiger charge is 2.11. The Morgan fingerprint density at radius 3 is 2.38 bits per heavy atom. The third-order valence-electron chi connectivity index (χ3n) is 1.97. The molecule has 94 valence electrons. The lowest BCUT2D eigenvalue weighted by atomic mass is 10.2. The summed E-state index contributed by atoms with van der Waals surface area (Å²) in [6, 6.07) is -0.493. The van der Waals surface area contributed by atoms with E-state index in [0.717, 1.165) is 30.7 Å². The minimum Gasteiger partial charge on any atom is -0.336 e. The molecular formula is C9H17Cl2N3O2. The molecule has 16 heavy (non-hydrogen) atoms. The molecule has 0 aliphatic heterocycles. The first-order valence-electron chi connectivity index (χ1n) is 5.26. The van der Waals surface area contributed by atoms with E-state index in [4.69, 9.17) is 23.2 Å². The first-order chi connectivity index (χ1) is 7.76. The minimum atomic E-state index is -0.493. The van der Waals surface area contributed by atoms with Crippen molar-refractivity contribution in [3.63, 3.8) is 0 Å². The Labute approximate surface area is 105 Å². The van der Waals surface area contributed by atoms with E-state index in [0.29, 0.717) is 12.4 Å². The van der Waals surface area contributed by atoms with Crippen molar-refractivity contribution in [2.75, 3.05) is 24.8 Å². The summed E-state index contributed by atoms with van der Waals surface area (Å²) in [6.07, 6.45) is 3.92. The Morgan fingerprint density at radius 2 is 1.81 bits per heavy atom. The fraction of sp³-hybridized carbons (Fsp3) is 0.889. The van der Waals surface area contributed by atoms with Gasteiger partial charge in [0.25, 0.3) is 0 Å². The molecule has 0 saturated heterocycles. The van der Waals surface area contributed by atoms with Crippen LogP contribution in [0.25, 0.3) is 0 Å². The minimum absolute atomic E-state index is 0.128. The SMILES string of the molecule is O=NN(CCCl)C(=O)NCCCCCCCl. The van der Waals surface area contributed by atoms with Gasteiger partial charge in [0.1, 0.15) is 0 Å². The molecule has 0 spiro atoms. The van der Waals surface area contributed by atoms with Gasteiger partial charge in [-0.1, -0.05) is 12.8 Å². The van der Waals surface area contributed by atoms with Crippen LogP contribution in [0.15, 0.2) is 5.29 Å². The Kier molecular flexibility index (Phi) is 10.6. The summed E-state index contributed by atoms with van der Waals surface area (Å²) in [5.41, 5.74) is 0. The van der Waals surface area contributed by atoms with Crippen LogP contribution in [-0.2, 0) is 0 Å². The number of hydrogen-bond acceptors (Lipinski definition) is 3. The fourth-order valence-corrected chi connectivity index (χ4v) is 1.47. The van der Waals surface area contributed by atoms with Crippen LogP contribution in [0, 0.1) is 4.91 Å². The van der Waals surface area contributed by atoms with Crippen LogP contribution in [0.5, 0.6) is 0 Å². The summed E-state index contributed by atoms with van der Waals surface area (Å²) < 4.78 is 0. The lowest BCUT2D eigenvalue weighted by Gasteiger charge is -2.12. The van der Waals surface area contributed by atoms with Crippen LogP contribution in [-0.4, -0.2) is 35.9 Å². The quantitative estimate of drug-likeness (QED) is 0.303. The summed E-state index contributed by atoms with van der Waals surface area (Å²) in [7, 11) is 0. The molecule has 0 heterocycles. The van der Waals surface area contributed by atoms with E-state index in [2.05, 4.69) is 10.6 Å².